The summed E-state index contributed by atoms with van der Waals surface area (Å²) in [4.78, 5) is 29.5. The van der Waals surface area contributed by atoms with E-state index in [1.54, 1.807) is 65.6 Å². The Labute approximate surface area is 345 Å². The molecule has 0 unspecified atom stereocenters. The summed E-state index contributed by atoms with van der Waals surface area (Å²) in [6.45, 7) is 6.84. The summed E-state index contributed by atoms with van der Waals surface area (Å²) in [6.07, 6.45) is 0. The first-order chi connectivity index (χ1) is 27.3. The van der Waals surface area contributed by atoms with Crippen LogP contribution in [0.2, 0.25) is 10.0 Å². The van der Waals surface area contributed by atoms with Crippen LogP contribution in [0, 0.1) is 0 Å². The number of carbonyl (C=O) groups excluding carboxylic acids is 2. The van der Waals surface area contributed by atoms with Crippen LogP contribution in [0.3, 0.4) is 0 Å². The van der Waals surface area contributed by atoms with Gasteiger partial charge in [0.2, 0.25) is 20.0 Å². The van der Waals surface area contributed by atoms with Crippen molar-refractivity contribution in [3.8, 4) is 17.2 Å². The van der Waals surface area contributed by atoms with Crippen LogP contribution in [0.4, 0.5) is 0 Å². The minimum Gasteiger partial charge on any atom is -0.496 e. The number of ether oxygens (including phenoxy) is 3. The number of amides is 1. The summed E-state index contributed by atoms with van der Waals surface area (Å²) in [5.74, 6) is 1.09. The zero-order valence-corrected chi connectivity index (χ0v) is 35.7. The van der Waals surface area contributed by atoms with Gasteiger partial charge in [-0.3, -0.25) is 14.5 Å². The summed E-state index contributed by atoms with van der Waals surface area (Å²) >= 11 is 11.7. The van der Waals surface area contributed by atoms with E-state index in [9.17, 15) is 26.4 Å². The van der Waals surface area contributed by atoms with Crippen LogP contribution in [-0.2, 0) is 20.0 Å². The van der Waals surface area contributed by atoms with Crippen molar-refractivity contribution in [1.82, 2.24) is 18.4 Å². The summed E-state index contributed by atoms with van der Waals surface area (Å²) in [5, 5.41) is 0.966. The van der Waals surface area contributed by atoms with Gasteiger partial charge in [0.1, 0.15) is 22.8 Å². The number of nitrogens with zero attached hydrogens (tertiary/aromatic N) is 4. The molecule has 0 aromatic heterocycles. The molecular weight excluding hydrogens is 815 g/mol. The van der Waals surface area contributed by atoms with Gasteiger partial charge in [-0.05, 0) is 72.8 Å². The molecule has 17 heteroatoms. The van der Waals surface area contributed by atoms with E-state index in [4.69, 9.17) is 37.4 Å². The number of rotatable bonds is 11. The third-order valence-corrected chi connectivity index (χ3v) is 13.5. The van der Waals surface area contributed by atoms with Gasteiger partial charge in [0.15, 0.2) is 5.78 Å². The molecular formula is C40H48Cl2N4O9S2. The van der Waals surface area contributed by atoms with E-state index in [-0.39, 0.29) is 54.2 Å². The molecule has 0 spiro atoms. The van der Waals surface area contributed by atoms with E-state index < -0.39 is 20.0 Å². The zero-order valence-electron chi connectivity index (χ0n) is 32.6. The molecule has 1 amide bonds. The van der Waals surface area contributed by atoms with Crippen molar-refractivity contribution >= 4 is 54.9 Å². The maximum atomic E-state index is 13.0. The van der Waals surface area contributed by atoms with E-state index in [0.717, 1.165) is 0 Å². The molecule has 0 aliphatic carbocycles. The zero-order chi connectivity index (χ0) is 41.8. The Balaban J connectivity index is 0.000000242. The fraction of sp³-hybridized carbons (Fsp3) is 0.350. The van der Waals surface area contributed by atoms with Crippen LogP contribution in [-0.4, -0.2) is 127 Å². The monoisotopic (exact) mass is 862 g/mol. The maximum Gasteiger partial charge on any atom is 0.261 e. The lowest BCUT2D eigenvalue weighted by Gasteiger charge is -2.34. The fourth-order valence-electron chi connectivity index (χ4n) is 6.15. The Morgan fingerprint density at radius 3 is 1.40 bits per heavy atom. The van der Waals surface area contributed by atoms with Gasteiger partial charge in [0.05, 0.1) is 43.2 Å². The van der Waals surface area contributed by atoms with E-state index in [2.05, 4.69) is 0 Å². The number of ketones is 1. The van der Waals surface area contributed by atoms with Gasteiger partial charge in [-0.25, -0.2) is 16.8 Å². The highest BCUT2D eigenvalue weighted by Gasteiger charge is 2.33. The SMILES string of the molecule is CC.COc1cccc(OC)c1C(=O)N1CCN(S(=O)(=O)c2ccc(Cl)cc2)CC1.COc1ccccc1C(=O)CN1CCN(S(=O)(=O)c2ccc(Cl)cc2)CC1. The molecule has 0 N–H and O–H groups in total. The van der Waals surface area contributed by atoms with Gasteiger partial charge in [-0.15, -0.1) is 0 Å². The normalized spacial score (nSPS) is 15.3. The number of Topliss-reactive ketones (excluding diaryl/α,β-unsaturated/α-hetero) is 1. The average molecular weight is 864 g/mol. The van der Waals surface area contributed by atoms with Crippen LogP contribution < -0.4 is 14.2 Å². The number of halogens is 2. The second-order valence-corrected chi connectivity index (χ2v) is 17.2. The minimum absolute atomic E-state index is 0.0403. The number of hydrogen-bond acceptors (Lipinski definition) is 10. The maximum absolute atomic E-state index is 13.0. The number of carbonyl (C=O) groups is 2. The minimum atomic E-state index is -3.63. The number of piperazine rings is 2. The number of benzene rings is 4. The molecule has 57 heavy (non-hydrogen) atoms. The van der Waals surface area contributed by atoms with Crippen molar-refractivity contribution in [2.75, 3.05) is 80.2 Å². The predicted molar refractivity (Wildman–Crippen MR) is 221 cm³/mol. The van der Waals surface area contributed by atoms with Crippen molar-refractivity contribution in [1.29, 1.82) is 0 Å². The molecule has 0 saturated carbocycles. The highest BCUT2D eigenvalue weighted by atomic mass is 35.5. The number of methoxy groups -OCH3 is 3. The van der Waals surface area contributed by atoms with Gasteiger partial charge in [-0.2, -0.15) is 8.61 Å². The fourth-order valence-corrected chi connectivity index (χ4v) is 9.25. The van der Waals surface area contributed by atoms with Gasteiger partial charge in [-0.1, -0.05) is 55.2 Å². The first-order valence-electron chi connectivity index (χ1n) is 18.2. The molecule has 0 bridgehead atoms. The Bertz CT molecular complexity index is 2150. The van der Waals surface area contributed by atoms with Crippen LogP contribution in [0.1, 0.15) is 34.6 Å². The van der Waals surface area contributed by atoms with E-state index in [0.29, 0.717) is 64.6 Å². The van der Waals surface area contributed by atoms with Crippen molar-refractivity contribution < 1.29 is 40.6 Å². The van der Waals surface area contributed by atoms with Crippen LogP contribution in [0.25, 0.3) is 0 Å². The highest BCUT2D eigenvalue weighted by Crippen LogP contribution is 2.30. The largest absolute Gasteiger partial charge is 0.496 e. The summed E-state index contributed by atoms with van der Waals surface area (Å²) in [5.41, 5.74) is 0.873. The molecule has 0 atom stereocenters. The van der Waals surface area contributed by atoms with E-state index >= 15 is 0 Å². The van der Waals surface area contributed by atoms with Gasteiger partial charge < -0.3 is 19.1 Å². The topological polar surface area (TPSA) is 143 Å². The lowest BCUT2D eigenvalue weighted by atomic mass is 10.1. The Morgan fingerprint density at radius 1 is 0.561 bits per heavy atom. The Hall–Kier alpha value is -4.22. The highest BCUT2D eigenvalue weighted by molar-refractivity contribution is 7.89. The molecule has 2 aliphatic heterocycles. The molecule has 308 valence electrons. The predicted octanol–water partition coefficient (Wildman–Crippen LogP) is 6.07. The molecule has 6 rings (SSSR count). The smallest absolute Gasteiger partial charge is 0.261 e. The second kappa shape index (κ2) is 21.0. The quantitative estimate of drug-likeness (QED) is 0.163. The third kappa shape index (κ3) is 11.3. The Morgan fingerprint density at radius 2 is 0.965 bits per heavy atom. The molecule has 2 saturated heterocycles. The lowest BCUT2D eigenvalue weighted by molar-refractivity contribution is 0.0690. The Kier molecular flexibility index (Phi) is 16.7. The van der Waals surface area contributed by atoms with Crippen molar-refractivity contribution in [3.05, 3.63) is 112 Å². The summed E-state index contributed by atoms with van der Waals surface area (Å²) in [6, 6.07) is 24.4. The van der Waals surface area contributed by atoms with Crippen LogP contribution in [0.5, 0.6) is 17.2 Å². The third-order valence-electron chi connectivity index (χ3n) is 9.18. The average Bonchev–Trinajstić information content (AvgIpc) is 3.24. The second-order valence-electron chi connectivity index (χ2n) is 12.4. The lowest BCUT2D eigenvalue weighted by Crippen LogP contribution is -2.50. The molecule has 2 aliphatic rings. The van der Waals surface area contributed by atoms with Gasteiger partial charge in [0, 0.05) is 62.4 Å². The molecule has 2 heterocycles. The van der Waals surface area contributed by atoms with Crippen molar-refractivity contribution in [2.45, 2.75) is 23.6 Å². The molecule has 2 fully saturated rings. The molecule has 4 aromatic carbocycles. The molecule has 13 nitrogen and oxygen atoms in total. The first-order valence-corrected chi connectivity index (χ1v) is 21.8. The van der Waals surface area contributed by atoms with Gasteiger partial charge in [0.25, 0.3) is 5.91 Å². The van der Waals surface area contributed by atoms with E-state index in [1.165, 1.54) is 54.2 Å². The molecule has 0 radical (unpaired) electrons. The number of para-hydroxylation sites is 1. The first kappa shape index (κ1) is 45.5. The number of sulfonamides is 2. The standard InChI is InChI=1S/C19H21ClN2O5S.C19H21ClN2O4S.C2H6/c1-26-16-4-3-5-17(27-2)18(16)19(23)21-10-12-22(13-11-21)28(24,25)15-8-6-14(20)7-9-15;1-26-19-5-3-2-4-17(19)18(23)14-21-10-12-22(13-11-21)27(24,25)16-8-6-15(20)7-9-16;1-2/h3-9H,10-13H2,1-2H3;2-9H,10-14H2,1H3;1-2H3. The van der Waals surface area contributed by atoms with Crippen LogP contribution in [0.15, 0.2) is 101 Å². The number of hydrogen-bond donors (Lipinski definition) is 0. The molecule has 4 aromatic rings. The van der Waals surface area contributed by atoms with Crippen molar-refractivity contribution in [2.24, 2.45) is 0 Å². The van der Waals surface area contributed by atoms with E-state index in [1.807, 2.05) is 24.8 Å². The summed E-state index contributed by atoms with van der Waals surface area (Å²) < 4.78 is 69.7. The van der Waals surface area contributed by atoms with Crippen molar-refractivity contribution in [3.63, 3.8) is 0 Å². The van der Waals surface area contributed by atoms with Gasteiger partial charge >= 0.3 is 0 Å². The summed E-state index contributed by atoms with van der Waals surface area (Å²) in [7, 11) is -2.67. The van der Waals surface area contributed by atoms with Crippen LogP contribution >= 0.6 is 23.2 Å².